The fourth-order valence-corrected chi connectivity index (χ4v) is 3.37. The number of nitrogens with zero attached hydrogens (tertiary/aromatic N) is 1. The van der Waals surface area contributed by atoms with E-state index in [1.54, 1.807) is 4.90 Å². The third-order valence-electron chi connectivity index (χ3n) is 4.13. The van der Waals surface area contributed by atoms with Crippen LogP contribution in [0.2, 0.25) is 0 Å². The summed E-state index contributed by atoms with van der Waals surface area (Å²) < 4.78 is 11.7. The Balaban J connectivity index is 2.03. The number of para-hydroxylation sites is 1. The van der Waals surface area contributed by atoms with Crippen LogP contribution < -0.4 is 4.90 Å². The number of halogens is 1. The van der Waals surface area contributed by atoms with Gasteiger partial charge in [-0.25, -0.2) is 4.79 Å². The van der Waals surface area contributed by atoms with Crippen molar-refractivity contribution in [3.63, 3.8) is 0 Å². The molecule has 1 aromatic carbocycles. The zero-order chi connectivity index (χ0) is 18.3. The van der Waals surface area contributed by atoms with Crippen molar-refractivity contribution in [1.29, 1.82) is 0 Å². The SMILES string of the molecule is CC(C)(C)OC(=O)N1c2ccccc2CCC1OCCCCCCBr. The molecule has 1 amide bonds. The molecular weight excluding hydrogens is 382 g/mol. The number of alkyl halides is 1. The number of rotatable bonds is 7. The maximum Gasteiger partial charge on any atom is 0.416 e. The lowest BCUT2D eigenvalue weighted by Crippen LogP contribution is -2.47. The number of unbranched alkanes of at least 4 members (excludes halogenated alkanes) is 3. The molecule has 5 heteroatoms. The van der Waals surface area contributed by atoms with Crippen molar-refractivity contribution in [3.8, 4) is 0 Å². The number of anilines is 1. The number of fused-ring (bicyclic) bond motifs is 1. The highest BCUT2D eigenvalue weighted by Gasteiger charge is 2.34. The van der Waals surface area contributed by atoms with Gasteiger partial charge in [-0.1, -0.05) is 47.0 Å². The molecule has 0 N–H and O–H groups in total. The summed E-state index contributed by atoms with van der Waals surface area (Å²) in [6.07, 6.45) is 5.72. The van der Waals surface area contributed by atoms with Crippen molar-refractivity contribution >= 4 is 27.7 Å². The number of amides is 1. The van der Waals surface area contributed by atoms with Gasteiger partial charge in [0.25, 0.3) is 0 Å². The van der Waals surface area contributed by atoms with Crippen molar-refractivity contribution in [2.75, 3.05) is 16.8 Å². The summed E-state index contributed by atoms with van der Waals surface area (Å²) in [5, 5.41) is 1.06. The molecule has 0 fully saturated rings. The Bertz CT molecular complexity index is 556. The molecular formula is C20H30BrNO3. The lowest BCUT2D eigenvalue weighted by molar-refractivity contribution is 0.0174. The molecule has 1 aromatic rings. The highest BCUT2D eigenvalue weighted by Crippen LogP contribution is 2.32. The fraction of sp³-hybridized carbons (Fsp3) is 0.650. The van der Waals surface area contributed by atoms with E-state index in [1.165, 1.54) is 18.4 Å². The normalized spacial score (nSPS) is 17.3. The van der Waals surface area contributed by atoms with E-state index in [9.17, 15) is 4.79 Å². The Labute approximate surface area is 160 Å². The smallest absolute Gasteiger partial charge is 0.416 e. The molecule has 0 saturated heterocycles. The van der Waals surface area contributed by atoms with Crippen LogP contribution in [0.4, 0.5) is 10.5 Å². The first-order chi connectivity index (χ1) is 11.9. The standard InChI is InChI=1S/C20H30BrNO3/c1-20(2,3)25-19(23)22-17-11-7-6-10-16(17)12-13-18(22)24-15-9-5-4-8-14-21/h6-7,10-11,18H,4-5,8-9,12-15H2,1-3H3. The monoisotopic (exact) mass is 411 g/mol. The second-order valence-electron chi connectivity index (χ2n) is 7.45. The van der Waals surface area contributed by atoms with E-state index in [2.05, 4.69) is 22.0 Å². The van der Waals surface area contributed by atoms with Gasteiger partial charge in [-0.15, -0.1) is 0 Å². The number of ether oxygens (including phenoxy) is 2. The van der Waals surface area contributed by atoms with Crippen molar-refractivity contribution < 1.29 is 14.3 Å². The number of aryl methyl sites for hydroxylation is 1. The Morgan fingerprint density at radius 3 is 2.64 bits per heavy atom. The summed E-state index contributed by atoms with van der Waals surface area (Å²) in [7, 11) is 0. The zero-order valence-electron chi connectivity index (χ0n) is 15.6. The van der Waals surface area contributed by atoms with Gasteiger partial charge in [0.1, 0.15) is 11.8 Å². The predicted octanol–water partition coefficient (Wildman–Crippen LogP) is 5.67. The van der Waals surface area contributed by atoms with Gasteiger partial charge in [0.2, 0.25) is 0 Å². The molecule has 2 rings (SSSR count). The summed E-state index contributed by atoms with van der Waals surface area (Å²) in [5.74, 6) is 0. The van der Waals surface area contributed by atoms with Crippen LogP contribution in [0.1, 0.15) is 58.4 Å². The van der Waals surface area contributed by atoms with Crippen LogP contribution in [0.3, 0.4) is 0 Å². The first kappa shape index (κ1) is 20.2. The van der Waals surface area contributed by atoms with Crippen LogP contribution in [0.5, 0.6) is 0 Å². The molecule has 0 radical (unpaired) electrons. The zero-order valence-corrected chi connectivity index (χ0v) is 17.2. The molecule has 0 aromatic heterocycles. The third kappa shape index (κ3) is 6.30. The topological polar surface area (TPSA) is 38.8 Å². The quantitative estimate of drug-likeness (QED) is 0.428. The van der Waals surface area contributed by atoms with Gasteiger partial charge in [0, 0.05) is 11.9 Å². The van der Waals surface area contributed by atoms with Crippen molar-refractivity contribution in [2.24, 2.45) is 0 Å². The molecule has 140 valence electrons. The van der Waals surface area contributed by atoms with Gasteiger partial charge in [-0.05, 0) is 58.1 Å². The number of hydrogen-bond donors (Lipinski definition) is 0. The maximum absolute atomic E-state index is 12.8. The molecule has 1 heterocycles. The Morgan fingerprint density at radius 1 is 1.20 bits per heavy atom. The first-order valence-corrected chi connectivity index (χ1v) is 10.3. The Kier molecular flexibility index (Phi) is 7.76. The lowest BCUT2D eigenvalue weighted by atomic mass is 10.0. The summed E-state index contributed by atoms with van der Waals surface area (Å²) >= 11 is 3.45. The van der Waals surface area contributed by atoms with Crippen LogP contribution in [0, 0.1) is 0 Å². The number of carbonyl (C=O) groups excluding carboxylic acids is 1. The van der Waals surface area contributed by atoms with Crippen molar-refractivity contribution in [3.05, 3.63) is 29.8 Å². The maximum atomic E-state index is 12.8. The van der Waals surface area contributed by atoms with Gasteiger partial charge in [0.05, 0.1) is 5.69 Å². The molecule has 4 nitrogen and oxygen atoms in total. The lowest BCUT2D eigenvalue weighted by Gasteiger charge is -2.37. The van der Waals surface area contributed by atoms with Gasteiger partial charge >= 0.3 is 6.09 Å². The summed E-state index contributed by atoms with van der Waals surface area (Å²) in [6, 6.07) is 8.02. The van der Waals surface area contributed by atoms with E-state index in [4.69, 9.17) is 9.47 Å². The van der Waals surface area contributed by atoms with Gasteiger partial charge in [-0.3, -0.25) is 4.90 Å². The number of carbonyl (C=O) groups is 1. The first-order valence-electron chi connectivity index (χ1n) is 9.20. The number of benzene rings is 1. The molecule has 0 spiro atoms. The van der Waals surface area contributed by atoms with Gasteiger partial charge in [-0.2, -0.15) is 0 Å². The molecule has 1 unspecified atom stereocenters. The number of hydrogen-bond acceptors (Lipinski definition) is 3. The average Bonchev–Trinajstić information content (AvgIpc) is 2.56. The highest BCUT2D eigenvalue weighted by atomic mass is 79.9. The van der Waals surface area contributed by atoms with E-state index < -0.39 is 5.60 Å². The highest BCUT2D eigenvalue weighted by molar-refractivity contribution is 9.09. The molecule has 1 aliphatic rings. The van der Waals surface area contributed by atoms with E-state index >= 15 is 0 Å². The minimum atomic E-state index is -0.524. The van der Waals surface area contributed by atoms with Crippen LogP contribution in [0.15, 0.2) is 24.3 Å². The molecule has 25 heavy (non-hydrogen) atoms. The summed E-state index contributed by atoms with van der Waals surface area (Å²) in [6.45, 7) is 6.34. The molecule has 1 atom stereocenters. The second-order valence-corrected chi connectivity index (χ2v) is 8.24. The summed E-state index contributed by atoms with van der Waals surface area (Å²) in [4.78, 5) is 14.5. The van der Waals surface area contributed by atoms with E-state index in [1.807, 2.05) is 39.0 Å². The van der Waals surface area contributed by atoms with Gasteiger partial charge < -0.3 is 9.47 Å². The van der Waals surface area contributed by atoms with Crippen LogP contribution in [0.25, 0.3) is 0 Å². The van der Waals surface area contributed by atoms with Crippen molar-refractivity contribution in [2.45, 2.75) is 71.1 Å². The second kappa shape index (κ2) is 9.58. The van der Waals surface area contributed by atoms with E-state index in [0.717, 1.165) is 36.7 Å². The third-order valence-corrected chi connectivity index (χ3v) is 4.69. The molecule has 0 bridgehead atoms. The van der Waals surface area contributed by atoms with Crippen LogP contribution in [-0.4, -0.2) is 29.9 Å². The minimum absolute atomic E-state index is 0.249. The van der Waals surface area contributed by atoms with Gasteiger partial charge in [0.15, 0.2) is 0 Å². The predicted molar refractivity (Wildman–Crippen MR) is 105 cm³/mol. The average molecular weight is 412 g/mol. The summed E-state index contributed by atoms with van der Waals surface area (Å²) in [5.41, 5.74) is 1.56. The molecule has 1 aliphatic heterocycles. The van der Waals surface area contributed by atoms with Crippen LogP contribution >= 0.6 is 15.9 Å². The van der Waals surface area contributed by atoms with Crippen molar-refractivity contribution in [1.82, 2.24) is 0 Å². The van der Waals surface area contributed by atoms with E-state index in [0.29, 0.717) is 6.61 Å². The largest absolute Gasteiger partial charge is 0.443 e. The molecule has 0 saturated carbocycles. The Morgan fingerprint density at radius 2 is 1.92 bits per heavy atom. The minimum Gasteiger partial charge on any atom is -0.443 e. The Hall–Kier alpha value is -1.07. The molecule has 0 aliphatic carbocycles. The van der Waals surface area contributed by atoms with Crippen LogP contribution in [-0.2, 0) is 15.9 Å². The fourth-order valence-electron chi connectivity index (χ4n) is 2.97. The van der Waals surface area contributed by atoms with E-state index in [-0.39, 0.29) is 12.3 Å².